The Hall–Kier alpha value is -1.06. The summed E-state index contributed by atoms with van der Waals surface area (Å²) in [6.45, 7) is 6.58. The van der Waals surface area contributed by atoms with Gasteiger partial charge in [-0.3, -0.25) is 4.90 Å². The number of aliphatic hydroxyl groups is 1. The van der Waals surface area contributed by atoms with Crippen LogP contribution in [0.5, 0.6) is 5.75 Å². The topological polar surface area (TPSA) is 32.7 Å². The van der Waals surface area contributed by atoms with Gasteiger partial charge in [0.15, 0.2) is 0 Å². The Morgan fingerprint density at radius 2 is 1.84 bits per heavy atom. The van der Waals surface area contributed by atoms with Crippen molar-refractivity contribution >= 4 is 0 Å². The minimum absolute atomic E-state index is 0.130. The van der Waals surface area contributed by atoms with E-state index in [1.54, 1.807) is 7.11 Å². The summed E-state index contributed by atoms with van der Waals surface area (Å²) < 4.78 is 5.36. The van der Waals surface area contributed by atoms with E-state index in [9.17, 15) is 5.11 Å². The van der Waals surface area contributed by atoms with Gasteiger partial charge in [0.2, 0.25) is 0 Å². The van der Waals surface area contributed by atoms with Crippen molar-refractivity contribution < 1.29 is 9.84 Å². The van der Waals surface area contributed by atoms with Gasteiger partial charge in [0.25, 0.3) is 0 Å². The van der Waals surface area contributed by atoms with Gasteiger partial charge in [-0.15, -0.1) is 0 Å². The molecule has 1 fully saturated rings. The fraction of sp³-hybridized carbons (Fsp3) is 0.625. The molecule has 1 aliphatic heterocycles. The molecule has 1 aromatic carbocycles. The molecule has 0 aromatic heterocycles. The number of piperidine rings is 1. The van der Waals surface area contributed by atoms with E-state index in [2.05, 4.69) is 24.8 Å². The van der Waals surface area contributed by atoms with E-state index < -0.39 is 0 Å². The van der Waals surface area contributed by atoms with E-state index in [1.165, 1.54) is 36.0 Å². The number of hydrogen-bond donors (Lipinski definition) is 1. The Labute approximate surface area is 116 Å². The Morgan fingerprint density at radius 3 is 2.42 bits per heavy atom. The molecule has 1 unspecified atom stereocenters. The standard InChI is InChI=1S/C16H25NO2/c1-12-13(2)16(19-3)8-7-14(12)15(11-18)17-9-5-4-6-10-17/h7-8,15,18H,4-6,9-11H2,1-3H3. The summed E-state index contributed by atoms with van der Waals surface area (Å²) in [7, 11) is 1.70. The summed E-state index contributed by atoms with van der Waals surface area (Å²) in [4.78, 5) is 2.41. The maximum Gasteiger partial charge on any atom is 0.122 e. The van der Waals surface area contributed by atoms with Crippen LogP contribution in [0.4, 0.5) is 0 Å². The van der Waals surface area contributed by atoms with Gasteiger partial charge in [0.05, 0.1) is 19.8 Å². The van der Waals surface area contributed by atoms with Crippen LogP contribution in [0.2, 0.25) is 0 Å². The van der Waals surface area contributed by atoms with Crippen molar-refractivity contribution in [2.24, 2.45) is 0 Å². The quantitative estimate of drug-likeness (QED) is 0.906. The van der Waals surface area contributed by atoms with E-state index >= 15 is 0 Å². The number of hydrogen-bond acceptors (Lipinski definition) is 3. The second-order valence-corrected chi connectivity index (χ2v) is 5.40. The minimum Gasteiger partial charge on any atom is -0.496 e. The number of aliphatic hydroxyl groups excluding tert-OH is 1. The van der Waals surface area contributed by atoms with Crippen LogP contribution in [0, 0.1) is 13.8 Å². The smallest absolute Gasteiger partial charge is 0.122 e. The number of ether oxygens (including phenoxy) is 1. The lowest BCUT2D eigenvalue weighted by Crippen LogP contribution is -2.36. The van der Waals surface area contributed by atoms with Gasteiger partial charge >= 0.3 is 0 Å². The molecule has 0 bridgehead atoms. The van der Waals surface area contributed by atoms with Gasteiger partial charge in [-0.05, 0) is 62.5 Å². The Bertz CT molecular complexity index is 425. The fourth-order valence-corrected chi connectivity index (χ4v) is 3.04. The predicted octanol–water partition coefficient (Wildman–Crippen LogP) is 2.83. The first-order valence-electron chi connectivity index (χ1n) is 7.18. The van der Waals surface area contributed by atoms with Crippen LogP contribution in [0.1, 0.15) is 42.0 Å². The molecule has 19 heavy (non-hydrogen) atoms. The summed E-state index contributed by atoms with van der Waals surface area (Å²) in [5.74, 6) is 0.927. The zero-order valence-electron chi connectivity index (χ0n) is 12.3. The maximum atomic E-state index is 9.80. The highest BCUT2D eigenvalue weighted by atomic mass is 16.5. The van der Waals surface area contributed by atoms with E-state index in [0.29, 0.717) is 0 Å². The number of nitrogens with zero attached hydrogens (tertiary/aromatic N) is 1. The molecule has 106 valence electrons. The second kappa shape index (κ2) is 6.40. The van der Waals surface area contributed by atoms with Crippen molar-refractivity contribution in [3.8, 4) is 5.75 Å². The maximum absolute atomic E-state index is 9.80. The molecular formula is C16H25NO2. The van der Waals surface area contributed by atoms with Crippen molar-refractivity contribution in [3.63, 3.8) is 0 Å². The monoisotopic (exact) mass is 263 g/mol. The first kappa shape index (κ1) is 14.4. The zero-order valence-corrected chi connectivity index (χ0v) is 12.3. The van der Waals surface area contributed by atoms with Gasteiger partial charge in [-0.25, -0.2) is 0 Å². The first-order valence-corrected chi connectivity index (χ1v) is 7.18. The molecule has 1 saturated heterocycles. The van der Waals surface area contributed by atoms with Crippen molar-refractivity contribution in [2.45, 2.75) is 39.2 Å². The molecule has 3 heteroatoms. The molecule has 1 aliphatic rings. The summed E-state index contributed by atoms with van der Waals surface area (Å²) in [6, 6.07) is 4.26. The van der Waals surface area contributed by atoms with Gasteiger partial charge in [-0.1, -0.05) is 12.5 Å². The van der Waals surface area contributed by atoms with Crippen molar-refractivity contribution in [1.82, 2.24) is 4.90 Å². The SMILES string of the molecule is COc1ccc(C(CO)N2CCCCC2)c(C)c1C. The predicted molar refractivity (Wildman–Crippen MR) is 77.7 cm³/mol. The second-order valence-electron chi connectivity index (χ2n) is 5.40. The van der Waals surface area contributed by atoms with Crippen LogP contribution in [0.15, 0.2) is 12.1 Å². The summed E-state index contributed by atoms with van der Waals surface area (Å²) in [6.07, 6.45) is 3.80. The number of methoxy groups -OCH3 is 1. The Kier molecular flexibility index (Phi) is 4.83. The summed E-state index contributed by atoms with van der Waals surface area (Å²) in [5.41, 5.74) is 3.65. The lowest BCUT2D eigenvalue weighted by Gasteiger charge is -2.34. The van der Waals surface area contributed by atoms with E-state index in [0.717, 1.165) is 18.8 Å². The third-order valence-corrected chi connectivity index (χ3v) is 4.36. The molecule has 1 N–H and O–H groups in total. The van der Waals surface area contributed by atoms with Gasteiger partial charge in [0.1, 0.15) is 5.75 Å². The van der Waals surface area contributed by atoms with Crippen molar-refractivity contribution in [3.05, 3.63) is 28.8 Å². The normalized spacial score (nSPS) is 18.3. The fourth-order valence-electron chi connectivity index (χ4n) is 3.04. The number of rotatable bonds is 4. The van der Waals surface area contributed by atoms with E-state index in [4.69, 9.17) is 4.74 Å². The highest BCUT2D eigenvalue weighted by Gasteiger charge is 2.23. The van der Waals surface area contributed by atoms with Gasteiger partial charge in [-0.2, -0.15) is 0 Å². The lowest BCUT2D eigenvalue weighted by molar-refractivity contribution is 0.104. The molecule has 0 amide bonds. The Morgan fingerprint density at radius 1 is 1.16 bits per heavy atom. The van der Waals surface area contributed by atoms with Crippen molar-refractivity contribution in [2.75, 3.05) is 26.8 Å². The van der Waals surface area contributed by atoms with E-state index in [1.807, 2.05) is 6.07 Å². The zero-order chi connectivity index (χ0) is 13.8. The highest BCUT2D eigenvalue weighted by molar-refractivity contribution is 5.44. The first-order chi connectivity index (χ1) is 9.19. The summed E-state index contributed by atoms with van der Waals surface area (Å²) >= 11 is 0. The third kappa shape index (κ3) is 2.93. The minimum atomic E-state index is 0.130. The molecule has 1 heterocycles. The van der Waals surface area contributed by atoms with Crippen molar-refractivity contribution in [1.29, 1.82) is 0 Å². The lowest BCUT2D eigenvalue weighted by atomic mass is 9.95. The molecule has 0 saturated carbocycles. The molecule has 2 rings (SSSR count). The molecule has 0 aliphatic carbocycles. The summed E-state index contributed by atoms with van der Waals surface area (Å²) in [5, 5.41) is 9.80. The van der Waals surface area contributed by atoms with Crippen LogP contribution in [-0.2, 0) is 0 Å². The third-order valence-electron chi connectivity index (χ3n) is 4.36. The average Bonchev–Trinajstić information content (AvgIpc) is 2.45. The molecule has 1 aromatic rings. The molecule has 1 atom stereocenters. The molecular weight excluding hydrogens is 238 g/mol. The molecule has 0 radical (unpaired) electrons. The van der Waals surface area contributed by atoms with E-state index in [-0.39, 0.29) is 12.6 Å². The average molecular weight is 263 g/mol. The van der Waals surface area contributed by atoms with Gasteiger partial charge in [0, 0.05) is 0 Å². The van der Waals surface area contributed by atoms with Crippen LogP contribution < -0.4 is 4.74 Å². The van der Waals surface area contributed by atoms with Crippen LogP contribution in [0.3, 0.4) is 0 Å². The largest absolute Gasteiger partial charge is 0.496 e. The van der Waals surface area contributed by atoms with Crippen LogP contribution >= 0.6 is 0 Å². The van der Waals surface area contributed by atoms with Crippen LogP contribution in [0.25, 0.3) is 0 Å². The highest BCUT2D eigenvalue weighted by Crippen LogP contribution is 2.31. The number of likely N-dealkylation sites (tertiary alicyclic amines) is 1. The number of benzene rings is 1. The Balaban J connectivity index is 2.30. The van der Waals surface area contributed by atoms with Gasteiger partial charge < -0.3 is 9.84 Å². The van der Waals surface area contributed by atoms with Crippen LogP contribution in [-0.4, -0.2) is 36.8 Å². The molecule has 3 nitrogen and oxygen atoms in total. The molecule has 0 spiro atoms.